The predicted molar refractivity (Wildman–Crippen MR) is 58.4 cm³/mol. The van der Waals surface area contributed by atoms with Gasteiger partial charge in [-0.05, 0) is 18.6 Å². The smallest absolute Gasteiger partial charge is 0.114 e. The average molecular weight is 223 g/mol. The van der Waals surface area contributed by atoms with Crippen molar-refractivity contribution in [3.63, 3.8) is 0 Å². The van der Waals surface area contributed by atoms with Gasteiger partial charge in [0.05, 0.1) is 37.6 Å². The van der Waals surface area contributed by atoms with E-state index in [1.54, 1.807) is 6.26 Å². The van der Waals surface area contributed by atoms with Crippen LogP contribution in [-0.4, -0.2) is 39.0 Å². The zero-order valence-corrected chi connectivity index (χ0v) is 9.28. The van der Waals surface area contributed by atoms with Crippen LogP contribution in [0.15, 0.2) is 22.8 Å². The minimum Gasteiger partial charge on any atom is -0.469 e. The normalized spacial score (nSPS) is 28.6. The summed E-state index contributed by atoms with van der Waals surface area (Å²) in [5, 5.41) is 3.35. The van der Waals surface area contributed by atoms with Gasteiger partial charge in [0.15, 0.2) is 0 Å². The van der Waals surface area contributed by atoms with Crippen molar-refractivity contribution in [2.24, 2.45) is 0 Å². The van der Waals surface area contributed by atoms with Gasteiger partial charge in [0.2, 0.25) is 0 Å². The number of ether oxygens (including phenoxy) is 2. The molecule has 1 aromatic rings. The van der Waals surface area contributed by atoms with E-state index in [-0.39, 0.29) is 11.5 Å². The highest BCUT2D eigenvalue weighted by molar-refractivity contribution is 5.18. The van der Waals surface area contributed by atoms with Gasteiger partial charge in [0.25, 0.3) is 0 Å². The Morgan fingerprint density at radius 2 is 2.38 bits per heavy atom. The van der Waals surface area contributed by atoms with E-state index in [0.717, 1.165) is 45.1 Å². The number of hydrogen-bond acceptors (Lipinski definition) is 4. The Bertz CT molecular complexity index is 326. The minimum atomic E-state index is 0.0488. The van der Waals surface area contributed by atoms with Gasteiger partial charge >= 0.3 is 0 Å². The van der Waals surface area contributed by atoms with Crippen molar-refractivity contribution in [2.45, 2.75) is 17.9 Å². The van der Waals surface area contributed by atoms with E-state index in [9.17, 15) is 0 Å². The molecule has 16 heavy (non-hydrogen) atoms. The summed E-state index contributed by atoms with van der Waals surface area (Å²) in [6, 6.07) is 3.98. The van der Waals surface area contributed by atoms with E-state index in [0.29, 0.717) is 0 Å². The highest BCUT2D eigenvalue weighted by Crippen LogP contribution is 2.37. The van der Waals surface area contributed by atoms with Crippen LogP contribution in [-0.2, 0) is 14.9 Å². The Morgan fingerprint density at radius 1 is 1.44 bits per heavy atom. The highest BCUT2D eigenvalue weighted by atomic mass is 16.5. The van der Waals surface area contributed by atoms with Gasteiger partial charge in [-0.1, -0.05) is 0 Å². The molecule has 1 aromatic heterocycles. The van der Waals surface area contributed by atoms with Crippen molar-refractivity contribution in [1.29, 1.82) is 0 Å². The third kappa shape index (κ3) is 1.77. The summed E-state index contributed by atoms with van der Waals surface area (Å²) in [7, 11) is 0. The van der Waals surface area contributed by atoms with E-state index in [1.165, 1.54) is 0 Å². The Balaban J connectivity index is 1.70. The van der Waals surface area contributed by atoms with Crippen molar-refractivity contribution in [3.8, 4) is 0 Å². The molecule has 0 aromatic carbocycles. The molecule has 3 rings (SSSR count). The van der Waals surface area contributed by atoms with Gasteiger partial charge in [-0.15, -0.1) is 0 Å². The van der Waals surface area contributed by atoms with Crippen LogP contribution in [0.3, 0.4) is 0 Å². The van der Waals surface area contributed by atoms with Gasteiger partial charge in [-0.3, -0.25) is 0 Å². The summed E-state index contributed by atoms with van der Waals surface area (Å²) in [6.07, 6.45) is 2.99. The molecule has 0 spiro atoms. The fourth-order valence-electron chi connectivity index (χ4n) is 2.48. The summed E-state index contributed by atoms with van der Waals surface area (Å²) in [6.45, 7) is 4.20. The van der Waals surface area contributed by atoms with Crippen LogP contribution < -0.4 is 5.32 Å². The molecule has 0 saturated carbocycles. The lowest BCUT2D eigenvalue weighted by atomic mass is 9.78. The topological polar surface area (TPSA) is 43.6 Å². The predicted octanol–water partition coefficient (Wildman–Crippen LogP) is 0.926. The molecule has 88 valence electrons. The van der Waals surface area contributed by atoms with Crippen molar-refractivity contribution in [1.82, 2.24) is 5.32 Å². The van der Waals surface area contributed by atoms with E-state index in [4.69, 9.17) is 13.9 Å². The molecule has 0 bridgehead atoms. The molecule has 4 heteroatoms. The SMILES string of the molecule is c1coc(C2(CC3CNCCO3)COC2)c1. The van der Waals surface area contributed by atoms with Crippen LogP contribution in [0, 0.1) is 0 Å². The van der Waals surface area contributed by atoms with E-state index < -0.39 is 0 Å². The quantitative estimate of drug-likeness (QED) is 0.827. The first-order valence-electron chi connectivity index (χ1n) is 5.83. The zero-order valence-electron chi connectivity index (χ0n) is 9.28. The highest BCUT2D eigenvalue weighted by Gasteiger charge is 2.44. The monoisotopic (exact) mass is 223 g/mol. The molecule has 2 fully saturated rings. The summed E-state index contributed by atoms with van der Waals surface area (Å²) in [5.41, 5.74) is 0.0488. The van der Waals surface area contributed by atoms with Crippen molar-refractivity contribution in [2.75, 3.05) is 32.9 Å². The largest absolute Gasteiger partial charge is 0.469 e. The van der Waals surface area contributed by atoms with Gasteiger partial charge < -0.3 is 19.2 Å². The molecule has 2 aliphatic rings. The van der Waals surface area contributed by atoms with Crippen LogP contribution >= 0.6 is 0 Å². The molecule has 3 heterocycles. The van der Waals surface area contributed by atoms with Crippen LogP contribution in [0.25, 0.3) is 0 Å². The second-order valence-corrected chi connectivity index (χ2v) is 4.65. The summed E-state index contributed by atoms with van der Waals surface area (Å²) >= 11 is 0. The zero-order chi connectivity index (χ0) is 10.8. The van der Waals surface area contributed by atoms with Crippen LogP contribution in [0.2, 0.25) is 0 Å². The molecule has 1 N–H and O–H groups in total. The Labute approximate surface area is 94.9 Å². The molecule has 4 nitrogen and oxygen atoms in total. The second-order valence-electron chi connectivity index (χ2n) is 4.65. The Morgan fingerprint density at radius 3 is 2.94 bits per heavy atom. The molecule has 2 aliphatic heterocycles. The van der Waals surface area contributed by atoms with E-state index in [2.05, 4.69) is 5.32 Å². The molecule has 1 atom stereocenters. The van der Waals surface area contributed by atoms with Crippen molar-refractivity contribution in [3.05, 3.63) is 24.2 Å². The van der Waals surface area contributed by atoms with Crippen LogP contribution in [0.4, 0.5) is 0 Å². The minimum absolute atomic E-state index is 0.0488. The first-order chi connectivity index (χ1) is 7.89. The van der Waals surface area contributed by atoms with E-state index >= 15 is 0 Å². The molecular weight excluding hydrogens is 206 g/mol. The maximum atomic E-state index is 5.75. The number of morpholine rings is 1. The first kappa shape index (κ1) is 10.3. The number of nitrogens with one attached hydrogen (secondary N) is 1. The molecule has 0 amide bonds. The number of rotatable bonds is 3. The second kappa shape index (κ2) is 4.20. The Hall–Kier alpha value is -0.840. The number of furan rings is 1. The number of hydrogen-bond donors (Lipinski definition) is 1. The van der Waals surface area contributed by atoms with E-state index in [1.807, 2.05) is 12.1 Å². The molecule has 0 aliphatic carbocycles. The summed E-state index contributed by atoms with van der Waals surface area (Å²) < 4.78 is 16.6. The molecule has 1 unspecified atom stereocenters. The van der Waals surface area contributed by atoms with Crippen molar-refractivity contribution >= 4 is 0 Å². The maximum Gasteiger partial charge on any atom is 0.114 e. The lowest BCUT2D eigenvalue weighted by Crippen LogP contribution is -2.51. The van der Waals surface area contributed by atoms with Crippen molar-refractivity contribution < 1.29 is 13.9 Å². The summed E-state index contributed by atoms with van der Waals surface area (Å²) in [5.74, 6) is 1.04. The standard InChI is InChI=1S/C12H17NO3/c1-2-11(16-4-1)12(8-14-9-12)6-10-7-13-3-5-15-10/h1-2,4,10,13H,3,5-9H2. The molecule has 2 saturated heterocycles. The molecular formula is C12H17NO3. The fourth-order valence-corrected chi connectivity index (χ4v) is 2.48. The first-order valence-corrected chi connectivity index (χ1v) is 5.83. The average Bonchev–Trinajstić information content (AvgIpc) is 2.78. The van der Waals surface area contributed by atoms with Gasteiger partial charge in [0.1, 0.15) is 5.76 Å². The Kier molecular flexibility index (Phi) is 2.71. The van der Waals surface area contributed by atoms with Gasteiger partial charge in [-0.2, -0.15) is 0 Å². The van der Waals surface area contributed by atoms with Gasteiger partial charge in [-0.25, -0.2) is 0 Å². The lowest BCUT2D eigenvalue weighted by Gasteiger charge is -2.42. The van der Waals surface area contributed by atoms with Crippen LogP contribution in [0.1, 0.15) is 12.2 Å². The fraction of sp³-hybridized carbons (Fsp3) is 0.667. The van der Waals surface area contributed by atoms with Gasteiger partial charge in [0, 0.05) is 13.1 Å². The van der Waals surface area contributed by atoms with Crippen LogP contribution in [0.5, 0.6) is 0 Å². The third-order valence-electron chi connectivity index (χ3n) is 3.42. The molecule has 0 radical (unpaired) electrons. The lowest BCUT2D eigenvalue weighted by molar-refractivity contribution is -0.102. The summed E-state index contributed by atoms with van der Waals surface area (Å²) in [4.78, 5) is 0. The third-order valence-corrected chi connectivity index (χ3v) is 3.42. The maximum absolute atomic E-state index is 5.75.